The van der Waals surface area contributed by atoms with Gasteiger partial charge in [0.1, 0.15) is 0 Å². The highest BCUT2D eigenvalue weighted by molar-refractivity contribution is 5.94. The molecule has 1 aromatic heterocycles. The third-order valence-electron chi connectivity index (χ3n) is 3.72. The van der Waals surface area contributed by atoms with Gasteiger partial charge < -0.3 is 15.0 Å². The summed E-state index contributed by atoms with van der Waals surface area (Å²) in [4.78, 5) is 18.8. The summed E-state index contributed by atoms with van der Waals surface area (Å²) < 4.78 is 5.03. The molecule has 0 atom stereocenters. The van der Waals surface area contributed by atoms with Crippen LogP contribution in [0.4, 0.5) is 5.69 Å². The quantitative estimate of drug-likeness (QED) is 0.719. The van der Waals surface area contributed by atoms with Crippen molar-refractivity contribution in [3.05, 3.63) is 59.9 Å². The Labute approximate surface area is 143 Å². The Balaban J connectivity index is 2.01. The van der Waals surface area contributed by atoms with Crippen LogP contribution in [0.5, 0.6) is 0 Å². The maximum Gasteiger partial charge on any atom is 0.255 e. The van der Waals surface area contributed by atoms with E-state index in [0.717, 1.165) is 24.2 Å². The number of carbonyl (C=O) groups is 1. The molecule has 2 aromatic rings. The first-order chi connectivity index (χ1) is 11.7. The van der Waals surface area contributed by atoms with E-state index < -0.39 is 0 Å². The van der Waals surface area contributed by atoms with Crippen LogP contribution in [0.1, 0.15) is 29.3 Å². The number of anilines is 1. The van der Waals surface area contributed by atoms with Crippen molar-refractivity contribution in [2.75, 3.05) is 32.1 Å². The Bertz CT molecular complexity index is 632. The van der Waals surface area contributed by atoms with Gasteiger partial charge in [0.2, 0.25) is 0 Å². The molecule has 1 heterocycles. The molecule has 128 valence electrons. The van der Waals surface area contributed by atoms with Gasteiger partial charge in [0.15, 0.2) is 0 Å². The molecule has 1 N–H and O–H groups in total. The minimum absolute atomic E-state index is 0.00519. The number of hydrogen-bond acceptors (Lipinski definition) is 4. The van der Waals surface area contributed by atoms with Crippen molar-refractivity contribution >= 4 is 11.6 Å². The summed E-state index contributed by atoms with van der Waals surface area (Å²) in [7, 11) is 1.69. The normalized spacial score (nSPS) is 10.4. The lowest BCUT2D eigenvalue weighted by molar-refractivity contribution is 0.0752. The standard InChI is InChI=1S/C19H25N3O2/c1-3-22(15-16-8-5-4-6-9-16)19(23)17-12-18(14-20-13-17)21-10-7-11-24-2/h4-6,8-9,12-14,21H,3,7,10-11,15H2,1-2H3. The average Bonchev–Trinajstić information content (AvgIpc) is 2.64. The van der Waals surface area contributed by atoms with Gasteiger partial charge in [0, 0.05) is 45.7 Å². The van der Waals surface area contributed by atoms with Gasteiger partial charge in [-0.25, -0.2) is 0 Å². The van der Waals surface area contributed by atoms with Gasteiger partial charge in [0.05, 0.1) is 11.3 Å². The molecule has 2 rings (SSSR count). The second kappa shape index (κ2) is 9.67. The molecule has 0 saturated heterocycles. The largest absolute Gasteiger partial charge is 0.385 e. The lowest BCUT2D eigenvalue weighted by atomic mass is 10.2. The molecule has 0 aliphatic heterocycles. The Kier molecular flexibility index (Phi) is 7.23. The van der Waals surface area contributed by atoms with Gasteiger partial charge in [-0.2, -0.15) is 0 Å². The maximum absolute atomic E-state index is 12.7. The number of nitrogens with zero attached hydrogens (tertiary/aromatic N) is 2. The predicted octanol–water partition coefficient (Wildman–Crippen LogP) is 3.19. The lowest BCUT2D eigenvalue weighted by Gasteiger charge is -2.21. The van der Waals surface area contributed by atoms with E-state index in [4.69, 9.17) is 4.74 Å². The Morgan fingerprint density at radius 3 is 2.75 bits per heavy atom. The first-order valence-electron chi connectivity index (χ1n) is 8.25. The monoisotopic (exact) mass is 327 g/mol. The summed E-state index contributed by atoms with van der Waals surface area (Å²) in [6, 6.07) is 11.9. The summed E-state index contributed by atoms with van der Waals surface area (Å²) in [6.07, 6.45) is 4.26. The van der Waals surface area contributed by atoms with Gasteiger partial charge in [-0.05, 0) is 25.0 Å². The molecule has 0 aliphatic carbocycles. The van der Waals surface area contributed by atoms with Crippen molar-refractivity contribution in [1.29, 1.82) is 0 Å². The molecule has 0 fully saturated rings. The molecule has 0 saturated carbocycles. The summed E-state index contributed by atoms with van der Waals surface area (Å²) >= 11 is 0. The molecule has 5 nitrogen and oxygen atoms in total. The Morgan fingerprint density at radius 2 is 2.04 bits per heavy atom. The molecule has 0 unspecified atom stereocenters. The number of methoxy groups -OCH3 is 1. The van der Waals surface area contributed by atoms with Crippen molar-refractivity contribution in [1.82, 2.24) is 9.88 Å². The summed E-state index contributed by atoms with van der Waals surface area (Å²) in [5, 5.41) is 3.27. The van der Waals surface area contributed by atoms with Crippen LogP contribution in [0.2, 0.25) is 0 Å². The summed E-state index contributed by atoms with van der Waals surface area (Å²) in [5.74, 6) is -0.00519. The third-order valence-corrected chi connectivity index (χ3v) is 3.72. The van der Waals surface area contributed by atoms with Crippen molar-refractivity contribution in [2.24, 2.45) is 0 Å². The fraction of sp³-hybridized carbons (Fsp3) is 0.368. The number of nitrogens with one attached hydrogen (secondary N) is 1. The Hall–Kier alpha value is -2.40. The maximum atomic E-state index is 12.7. The van der Waals surface area contributed by atoms with Crippen molar-refractivity contribution in [2.45, 2.75) is 19.9 Å². The number of pyridine rings is 1. The van der Waals surface area contributed by atoms with Gasteiger partial charge >= 0.3 is 0 Å². The molecule has 1 amide bonds. The van der Waals surface area contributed by atoms with Gasteiger partial charge in [-0.15, -0.1) is 0 Å². The second-order valence-corrected chi connectivity index (χ2v) is 5.54. The number of rotatable bonds is 9. The first kappa shape index (κ1) is 17.9. The van der Waals surface area contributed by atoms with E-state index in [-0.39, 0.29) is 5.91 Å². The van der Waals surface area contributed by atoms with Crippen molar-refractivity contribution in [3.63, 3.8) is 0 Å². The number of amides is 1. The fourth-order valence-electron chi connectivity index (χ4n) is 2.42. The highest BCUT2D eigenvalue weighted by Crippen LogP contribution is 2.13. The highest BCUT2D eigenvalue weighted by Gasteiger charge is 2.15. The van der Waals surface area contributed by atoms with E-state index in [0.29, 0.717) is 25.3 Å². The van der Waals surface area contributed by atoms with Crippen molar-refractivity contribution in [3.8, 4) is 0 Å². The summed E-state index contributed by atoms with van der Waals surface area (Å²) in [5.41, 5.74) is 2.58. The zero-order valence-electron chi connectivity index (χ0n) is 14.4. The fourth-order valence-corrected chi connectivity index (χ4v) is 2.42. The van der Waals surface area contributed by atoms with Crippen LogP contribution >= 0.6 is 0 Å². The van der Waals surface area contributed by atoms with Crippen LogP contribution in [0.25, 0.3) is 0 Å². The SMILES string of the molecule is CCN(Cc1ccccc1)C(=O)c1cncc(NCCCOC)c1. The van der Waals surface area contributed by atoms with Gasteiger partial charge in [-0.1, -0.05) is 30.3 Å². The topological polar surface area (TPSA) is 54.5 Å². The molecule has 24 heavy (non-hydrogen) atoms. The first-order valence-corrected chi connectivity index (χ1v) is 8.25. The molecule has 0 bridgehead atoms. The number of carbonyl (C=O) groups excluding carboxylic acids is 1. The van der Waals surface area contributed by atoms with E-state index >= 15 is 0 Å². The minimum atomic E-state index is -0.00519. The molecule has 0 spiro atoms. The number of benzene rings is 1. The third kappa shape index (κ3) is 5.35. The predicted molar refractivity (Wildman–Crippen MR) is 96.1 cm³/mol. The average molecular weight is 327 g/mol. The Morgan fingerprint density at radius 1 is 1.25 bits per heavy atom. The zero-order valence-corrected chi connectivity index (χ0v) is 14.4. The van der Waals surface area contributed by atoms with Crippen LogP contribution < -0.4 is 5.32 Å². The van der Waals surface area contributed by atoms with E-state index in [9.17, 15) is 4.79 Å². The molecule has 1 aromatic carbocycles. The van der Waals surface area contributed by atoms with E-state index in [1.165, 1.54) is 0 Å². The molecular formula is C19H25N3O2. The zero-order chi connectivity index (χ0) is 17.2. The lowest BCUT2D eigenvalue weighted by Crippen LogP contribution is -2.30. The van der Waals surface area contributed by atoms with E-state index in [1.54, 1.807) is 19.5 Å². The van der Waals surface area contributed by atoms with Crippen LogP contribution in [0, 0.1) is 0 Å². The smallest absolute Gasteiger partial charge is 0.255 e. The number of hydrogen-bond donors (Lipinski definition) is 1. The minimum Gasteiger partial charge on any atom is -0.385 e. The van der Waals surface area contributed by atoms with Crippen LogP contribution in [-0.2, 0) is 11.3 Å². The van der Waals surface area contributed by atoms with Gasteiger partial charge in [-0.3, -0.25) is 9.78 Å². The van der Waals surface area contributed by atoms with Gasteiger partial charge in [0.25, 0.3) is 5.91 Å². The molecule has 5 heteroatoms. The summed E-state index contributed by atoms with van der Waals surface area (Å²) in [6.45, 7) is 4.73. The number of aromatic nitrogens is 1. The molecular weight excluding hydrogens is 302 g/mol. The van der Waals surface area contributed by atoms with Crippen LogP contribution in [-0.4, -0.2) is 42.6 Å². The van der Waals surface area contributed by atoms with Crippen molar-refractivity contribution < 1.29 is 9.53 Å². The number of ether oxygens (including phenoxy) is 1. The highest BCUT2D eigenvalue weighted by atomic mass is 16.5. The molecule has 0 aliphatic rings. The molecule has 0 radical (unpaired) electrons. The second-order valence-electron chi connectivity index (χ2n) is 5.54. The van der Waals surface area contributed by atoms with Crippen LogP contribution in [0.3, 0.4) is 0 Å². The van der Waals surface area contributed by atoms with Crippen LogP contribution in [0.15, 0.2) is 48.8 Å². The van der Waals surface area contributed by atoms with E-state index in [1.807, 2.05) is 48.2 Å². The van der Waals surface area contributed by atoms with E-state index in [2.05, 4.69) is 10.3 Å².